The first-order valence-corrected chi connectivity index (χ1v) is 7.84. The summed E-state index contributed by atoms with van der Waals surface area (Å²) in [5.74, 6) is 0. The molecule has 1 aromatic heterocycles. The molecule has 0 radical (unpaired) electrons. The van der Waals surface area contributed by atoms with Crippen LogP contribution in [0, 0.1) is 10.1 Å². The highest BCUT2D eigenvalue weighted by atomic mass is 19.3. The molecule has 1 amide bonds. The third kappa shape index (κ3) is 4.64. The summed E-state index contributed by atoms with van der Waals surface area (Å²) in [5.41, 5.74) is -0.128. The number of nitrogens with zero attached hydrogens (tertiary/aromatic N) is 4. The number of halogens is 2. The van der Waals surface area contributed by atoms with Gasteiger partial charge >= 0.3 is 6.09 Å². The highest BCUT2D eigenvalue weighted by molar-refractivity contribution is 5.84. The lowest BCUT2D eigenvalue weighted by molar-refractivity contribution is -0.384. The van der Waals surface area contributed by atoms with E-state index in [1.54, 1.807) is 27.8 Å². The van der Waals surface area contributed by atoms with Gasteiger partial charge in [-0.25, -0.2) is 13.6 Å². The largest absolute Gasteiger partial charge is 0.444 e. The van der Waals surface area contributed by atoms with Crippen LogP contribution in [0.2, 0.25) is 0 Å². The number of non-ortho nitro benzene ring substituents is 1. The van der Waals surface area contributed by atoms with Gasteiger partial charge in [-0.1, -0.05) is 0 Å². The number of nitro benzene ring substituents is 1. The number of hydrogen-bond acceptors (Lipinski definition) is 5. The molecule has 2 aromatic rings. The van der Waals surface area contributed by atoms with Crippen LogP contribution in [0.15, 0.2) is 18.2 Å². The summed E-state index contributed by atoms with van der Waals surface area (Å²) in [6, 6.07) is 4.17. The van der Waals surface area contributed by atoms with Crippen molar-refractivity contribution in [1.82, 2.24) is 14.7 Å². The molecule has 2 rings (SSSR count). The van der Waals surface area contributed by atoms with Crippen LogP contribution in [-0.4, -0.2) is 44.3 Å². The molecular formula is C16H20F2N4O4. The first-order valence-electron chi connectivity index (χ1n) is 7.84. The molecule has 0 spiro atoms. The third-order valence-corrected chi connectivity index (χ3v) is 3.47. The molecule has 0 aliphatic rings. The maximum absolute atomic E-state index is 12.9. The van der Waals surface area contributed by atoms with Crippen molar-refractivity contribution >= 4 is 22.7 Å². The van der Waals surface area contributed by atoms with E-state index in [2.05, 4.69) is 5.10 Å². The van der Waals surface area contributed by atoms with Crippen LogP contribution in [-0.2, 0) is 18.3 Å². The number of benzene rings is 1. The SMILES string of the molecule is Cn1nc(CN(CC(F)F)C(=O)OC(C)(C)C)c2cc([N+](=O)[O-])ccc21. The number of nitro groups is 1. The third-order valence-electron chi connectivity index (χ3n) is 3.47. The molecule has 0 saturated carbocycles. The molecule has 0 unspecified atom stereocenters. The van der Waals surface area contributed by atoms with Crippen molar-refractivity contribution < 1.29 is 23.2 Å². The minimum Gasteiger partial charge on any atom is -0.444 e. The summed E-state index contributed by atoms with van der Waals surface area (Å²) < 4.78 is 32.5. The van der Waals surface area contributed by atoms with Gasteiger partial charge in [-0.05, 0) is 26.8 Å². The number of rotatable bonds is 5. The fourth-order valence-electron chi connectivity index (χ4n) is 2.43. The maximum atomic E-state index is 12.9. The predicted molar refractivity (Wildman–Crippen MR) is 90.0 cm³/mol. The lowest BCUT2D eigenvalue weighted by Crippen LogP contribution is -2.39. The number of hydrogen-bond donors (Lipinski definition) is 0. The van der Waals surface area contributed by atoms with E-state index in [4.69, 9.17) is 4.74 Å². The fraction of sp³-hybridized carbons (Fsp3) is 0.500. The van der Waals surface area contributed by atoms with Gasteiger partial charge in [0.2, 0.25) is 0 Å². The van der Waals surface area contributed by atoms with Crippen LogP contribution in [0.1, 0.15) is 26.5 Å². The van der Waals surface area contributed by atoms with Crippen molar-refractivity contribution in [2.24, 2.45) is 7.05 Å². The van der Waals surface area contributed by atoms with Crippen LogP contribution in [0.25, 0.3) is 10.9 Å². The molecule has 0 saturated heterocycles. The highest BCUT2D eigenvalue weighted by Gasteiger charge is 2.26. The zero-order chi connectivity index (χ0) is 19.6. The zero-order valence-electron chi connectivity index (χ0n) is 14.9. The van der Waals surface area contributed by atoms with E-state index in [9.17, 15) is 23.7 Å². The van der Waals surface area contributed by atoms with Gasteiger partial charge in [0.1, 0.15) is 5.60 Å². The molecule has 0 aliphatic carbocycles. The molecule has 0 fully saturated rings. The normalized spacial score (nSPS) is 11.8. The molecule has 142 valence electrons. The minimum absolute atomic E-state index is 0.149. The zero-order valence-corrected chi connectivity index (χ0v) is 14.9. The van der Waals surface area contributed by atoms with E-state index in [1.807, 2.05) is 0 Å². The number of amides is 1. The second kappa shape index (κ2) is 7.22. The first-order chi connectivity index (χ1) is 12.0. The lowest BCUT2D eigenvalue weighted by Gasteiger charge is -2.26. The van der Waals surface area contributed by atoms with Gasteiger partial charge in [0.15, 0.2) is 0 Å². The molecular weight excluding hydrogens is 350 g/mol. The summed E-state index contributed by atoms with van der Waals surface area (Å²) in [7, 11) is 1.63. The van der Waals surface area contributed by atoms with Crippen LogP contribution < -0.4 is 0 Å². The quantitative estimate of drug-likeness (QED) is 0.594. The van der Waals surface area contributed by atoms with Gasteiger partial charge in [0.25, 0.3) is 12.1 Å². The molecule has 8 nitrogen and oxygen atoms in total. The molecule has 0 N–H and O–H groups in total. The summed E-state index contributed by atoms with van der Waals surface area (Å²) in [4.78, 5) is 23.5. The van der Waals surface area contributed by atoms with E-state index in [1.165, 1.54) is 22.9 Å². The van der Waals surface area contributed by atoms with Crippen molar-refractivity contribution in [1.29, 1.82) is 0 Å². The minimum atomic E-state index is -2.76. The number of carbonyl (C=O) groups is 1. The number of ether oxygens (including phenoxy) is 1. The van der Waals surface area contributed by atoms with Crippen LogP contribution in [0.4, 0.5) is 19.3 Å². The van der Waals surface area contributed by atoms with E-state index < -0.39 is 29.6 Å². The smallest absolute Gasteiger partial charge is 0.410 e. The highest BCUT2D eigenvalue weighted by Crippen LogP contribution is 2.25. The van der Waals surface area contributed by atoms with E-state index in [-0.39, 0.29) is 17.9 Å². The summed E-state index contributed by atoms with van der Waals surface area (Å²) >= 11 is 0. The van der Waals surface area contributed by atoms with Crippen molar-refractivity contribution in [3.8, 4) is 0 Å². The van der Waals surface area contributed by atoms with E-state index in [0.29, 0.717) is 10.9 Å². The molecule has 10 heteroatoms. The Balaban J connectivity index is 2.39. The lowest BCUT2D eigenvalue weighted by atomic mass is 10.2. The predicted octanol–water partition coefficient (Wildman–Crippen LogP) is 3.48. The molecule has 1 heterocycles. The standard InChI is InChI=1S/C16H20F2N4O4/c1-16(2,3)26-15(23)21(9-14(17)18)8-12-11-7-10(22(24)25)5-6-13(11)20(4)19-12/h5-7,14H,8-9H2,1-4H3. The van der Waals surface area contributed by atoms with Gasteiger partial charge in [0, 0.05) is 24.6 Å². The van der Waals surface area contributed by atoms with Gasteiger partial charge in [-0.15, -0.1) is 0 Å². The van der Waals surface area contributed by atoms with Crippen molar-refractivity contribution in [2.75, 3.05) is 6.54 Å². The van der Waals surface area contributed by atoms with Gasteiger partial charge in [0.05, 0.1) is 29.2 Å². The molecule has 26 heavy (non-hydrogen) atoms. The Morgan fingerprint density at radius 1 is 1.42 bits per heavy atom. The first kappa shape index (κ1) is 19.5. The molecule has 0 atom stereocenters. The summed E-state index contributed by atoms with van der Waals surface area (Å²) in [6.07, 6.45) is -3.66. The number of aromatic nitrogens is 2. The van der Waals surface area contributed by atoms with Crippen molar-refractivity contribution in [3.05, 3.63) is 34.0 Å². The van der Waals surface area contributed by atoms with E-state index >= 15 is 0 Å². The van der Waals surface area contributed by atoms with Crippen LogP contribution in [0.5, 0.6) is 0 Å². The van der Waals surface area contributed by atoms with Crippen molar-refractivity contribution in [3.63, 3.8) is 0 Å². The second-order valence-corrected chi connectivity index (χ2v) is 6.78. The maximum Gasteiger partial charge on any atom is 0.410 e. The fourth-order valence-corrected chi connectivity index (χ4v) is 2.43. The Bertz CT molecular complexity index is 829. The van der Waals surface area contributed by atoms with Gasteiger partial charge in [-0.2, -0.15) is 5.10 Å². The Kier molecular flexibility index (Phi) is 5.43. The molecule has 0 aliphatic heterocycles. The summed E-state index contributed by atoms with van der Waals surface area (Å²) in [6.45, 7) is 3.81. The Morgan fingerprint density at radius 3 is 2.62 bits per heavy atom. The number of aryl methyl sites for hydroxylation is 1. The summed E-state index contributed by atoms with van der Waals surface area (Å²) in [5, 5.41) is 15.6. The number of carbonyl (C=O) groups excluding carboxylic acids is 1. The average Bonchev–Trinajstić information content (AvgIpc) is 2.80. The Labute approximate surface area is 148 Å². The monoisotopic (exact) mass is 370 g/mol. The van der Waals surface area contributed by atoms with Crippen molar-refractivity contribution in [2.45, 2.75) is 39.3 Å². The average molecular weight is 370 g/mol. The van der Waals surface area contributed by atoms with E-state index in [0.717, 1.165) is 4.90 Å². The second-order valence-electron chi connectivity index (χ2n) is 6.78. The molecule has 0 bridgehead atoms. The number of alkyl halides is 2. The van der Waals surface area contributed by atoms with Crippen LogP contribution in [0.3, 0.4) is 0 Å². The topological polar surface area (TPSA) is 90.5 Å². The Hall–Kier alpha value is -2.78. The van der Waals surface area contributed by atoms with Gasteiger partial charge in [-0.3, -0.25) is 19.7 Å². The van der Waals surface area contributed by atoms with Gasteiger partial charge < -0.3 is 4.74 Å². The Morgan fingerprint density at radius 2 is 2.08 bits per heavy atom. The number of fused-ring (bicyclic) bond motifs is 1. The van der Waals surface area contributed by atoms with Crippen LogP contribution >= 0.6 is 0 Å². The molecule has 1 aromatic carbocycles.